The van der Waals surface area contributed by atoms with Crippen LogP contribution in [0.4, 0.5) is 0 Å². The SMILES string of the molecule is Clc1ccc2oc3ccc4c5ccccc5sc4c3c2c1. The maximum Gasteiger partial charge on any atom is 0.136 e. The summed E-state index contributed by atoms with van der Waals surface area (Å²) in [5, 5.41) is 5.59. The number of furan rings is 1. The van der Waals surface area contributed by atoms with Crippen molar-refractivity contribution in [2.24, 2.45) is 0 Å². The molecule has 0 aliphatic heterocycles. The number of thiophene rings is 1. The van der Waals surface area contributed by atoms with E-state index in [1.807, 2.05) is 29.5 Å². The molecule has 0 aliphatic carbocycles. The number of benzene rings is 3. The van der Waals surface area contributed by atoms with Crippen LogP contribution < -0.4 is 0 Å². The van der Waals surface area contributed by atoms with Crippen LogP contribution >= 0.6 is 22.9 Å². The first-order chi connectivity index (χ1) is 10.3. The van der Waals surface area contributed by atoms with Crippen molar-refractivity contribution in [1.82, 2.24) is 0 Å². The van der Waals surface area contributed by atoms with Crippen molar-refractivity contribution in [2.75, 3.05) is 0 Å². The molecular weight excluding hydrogens is 300 g/mol. The minimum Gasteiger partial charge on any atom is -0.456 e. The maximum atomic E-state index is 6.17. The Morgan fingerprint density at radius 2 is 1.67 bits per heavy atom. The van der Waals surface area contributed by atoms with E-state index in [0.29, 0.717) is 0 Å². The van der Waals surface area contributed by atoms with Gasteiger partial charge in [-0.1, -0.05) is 29.8 Å². The first kappa shape index (κ1) is 11.6. The predicted molar refractivity (Wildman–Crippen MR) is 91.6 cm³/mol. The third-order valence-corrected chi connectivity index (χ3v) is 5.38. The van der Waals surface area contributed by atoms with E-state index in [4.69, 9.17) is 16.0 Å². The molecule has 5 rings (SSSR count). The van der Waals surface area contributed by atoms with Gasteiger partial charge < -0.3 is 4.42 Å². The van der Waals surface area contributed by atoms with Crippen molar-refractivity contribution in [3.8, 4) is 0 Å². The molecule has 3 heteroatoms. The predicted octanol–water partition coefficient (Wildman–Crippen LogP) is 6.61. The molecule has 21 heavy (non-hydrogen) atoms. The van der Waals surface area contributed by atoms with Gasteiger partial charge in [0.1, 0.15) is 11.2 Å². The van der Waals surface area contributed by atoms with Gasteiger partial charge >= 0.3 is 0 Å². The first-order valence-corrected chi connectivity index (χ1v) is 7.93. The Labute approximate surface area is 129 Å². The lowest BCUT2D eigenvalue weighted by atomic mass is 10.1. The lowest BCUT2D eigenvalue weighted by molar-refractivity contribution is 0.669. The lowest BCUT2D eigenvalue weighted by Gasteiger charge is -1.94. The number of fused-ring (bicyclic) bond motifs is 7. The van der Waals surface area contributed by atoms with Crippen LogP contribution in [0, 0.1) is 0 Å². The number of hydrogen-bond donors (Lipinski definition) is 0. The summed E-state index contributed by atoms with van der Waals surface area (Å²) < 4.78 is 8.53. The van der Waals surface area contributed by atoms with Gasteiger partial charge in [-0.05, 0) is 36.4 Å². The molecule has 0 fully saturated rings. The Hall–Kier alpha value is -2.03. The summed E-state index contributed by atoms with van der Waals surface area (Å²) in [5.74, 6) is 0. The van der Waals surface area contributed by atoms with Gasteiger partial charge in [0.2, 0.25) is 0 Å². The monoisotopic (exact) mass is 308 g/mol. The molecule has 5 aromatic rings. The Balaban J connectivity index is 2.11. The minimum absolute atomic E-state index is 0.739. The largest absolute Gasteiger partial charge is 0.456 e. The number of halogens is 1. The van der Waals surface area contributed by atoms with Crippen LogP contribution in [0.5, 0.6) is 0 Å². The molecule has 0 atom stereocenters. The highest BCUT2D eigenvalue weighted by molar-refractivity contribution is 7.26. The number of rotatable bonds is 0. The average molecular weight is 309 g/mol. The highest BCUT2D eigenvalue weighted by Gasteiger charge is 2.14. The fourth-order valence-corrected chi connectivity index (χ4v) is 4.44. The molecule has 0 amide bonds. The molecule has 0 aliphatic rings. The second-order valence-corrected chi connectivity index (χ2v) is 6.64. The summed E-state index contributed by atoms with van der Waals surface area (Å²) in [4.78, 5) is 0. The van der Waals surface area contributed by atoms with Crippen LogP contribution in [0.3, 0.4) is 0 Å². The van der Waals surface area contributed by atoms with Crippen LogP contribution in [0.25, 0.3) is 42.1 Å². The quantitative estimate of drug-likeness (QED) is 0.314. The summed E-state index contributed by atoms with van der Waals surface area (Å²) >= 11 is 7.98. The summed E-state index contributed by atoms with van der Waals surface area (Å²) in [6.45, 7) is 0. The fourth-order valence-electron chi connectivity index (χ4n) is 3.02. The van der Waals surface area contributed by atoms with Gasteiger partial charge in [0, 0.05) is 36.0 Å². The van der Waals surface area contributed by atoms with E-state index in [1.165, 1.54) is 25.6 Å². The summed E-state index contributed by atoms with van der Waals surface area (Å²) in [7, 11) is 0. The summed E-state index contributed by atoms with van der Waals surface area (Å²) in [6, 6.07) is 18.5. The van der Waals surface area contributed by atoms with E-state index in [0.717, 1.165) is 21.6 Å². The molecule has 0 saturated carbocycles. The molecule has 3 aromatic carbocycles. The van der Waals surface area contributed by atoms with Crippen molar-refractivity contribution in [2.45, 2.75) is 0 Å². The van der Waals surface area contributed by atoms with Crippen molar-refractivity contribution in [3.63, 3.8) is 0 Å². The van der Waals surface area contributed by atoms with Crippen molar-refractivity contribution in [1.29, 1.82) is 0 Å². The molecule has 1 nitrogen and oxygen atoms in total. The fraction of sp³-hybridized carbons (Fsp3) is 0. The first-order valence-electron chi connectivity index (χ1n) is 6.73. The molecule has 0 spiro atoms. The van der Waals surface area contributed by atoms with Crippen molar-refractivity contribution in [3.05, 3.63) is 59.6 Å². The number of hydrogen-bond acceptors (Lipinski definition) is 2. The zero-order chi connectivity index (χ0) is 14.0. The van der Waals surface area contributed by atoms with Crippen LogP contribution in [0.2, 0.25) is 5.02 Å². The van der Waals surface area contributed by atoms with Gasteiger partial charge in [0.15, 0.2) is 0 Å². The third kappa shape index (κ3) is 1.52. The van der Waals surface area contributed by atoms with E-state index in [-0.39, 0.29) is 0 Å². The van der Waals surface area contributed by atoms with E-state index in [1.54, 1.807) is 0 Å². The van der Waals surface area contributed by atoms with Gasteiger partial charge in [-0.25, -0.2) is 0 Å². The Morgan fingerprint density at radius 3 is 2.62 bits per heavy atom. The highest BCUT2D eigenvalue weighted by atomic mass is 35.5. The average Bonchev–Trinajstić information content (AvgIpc) is 3.04. The zero-order valence-corrected chi connectivity index (χ0v) is 12.5. The maximum absolute atomic E-state index is 6.17. The lowest BCUT2D eigenvalue weighted by Crippen LogP contribution is -1.69. The second kappa shape index (κ2) is 4.00. The summed E-state index contributed by atoms with van der Waals surface area (Å²) in [6.07, 6.45) is 0. The molecule has 2 heterocycles. The topological polar surface area (TPSA) is 13.1 Å². The smallest absolute Gasteiger partial charge is 0.136 e. The van der Waals surface area contributed by atoms with E-state index >= 15 is 0 Å². The zero-order valence-electron chi connectivity index (χ0n) is 10.9. The minimum atomic E-state index is 0.739. The van der Waals surface area contributed by atoms with E-state index in [2.05, 4.69) is 36.4 Å². The van der Waals surface area contributed by atoms with Gasteiger partial charge in [-0.15, -0.1) is 11.3 Å². The third-order valence-electron chi connectivity index (χ3n) is 3.94. The molecule has 0 radical (unpaired) electrons. The molecule has 0 unspecified atom stereocenters. The molecule has 0 bridgehead atoms. The molecule has 0 N–H and O–H groups in total. The molecule has 0 saturated heterocycles. The van der Waals surface area contributed by atoms with E-state index in [9.17, 15) is 0 Å². The Kier molecular flexibility index (Phi) is 2.21. The Morgan fingerprint density at radius 1 is 0.810 bits per heavy atom. The normalized spacial score (nSPS) is 12.0. The Bertz CT molecular complexity index is 1150. The molecular formula is C18H9ClOS. The van der Waals surface area contributed by atoms with Crippen LogP contribution in [0.1, 0.15) is 0 Å². The van der Waals surface area contributed by atoms with Crippen LogP contribution in [-0.4, -0.2) is 0 Å². The summed E-state index contributed by atoms with van der Waals surface area (Å²) in [5.41, 5.74) is 1.81. The molecule has 100 valence electrons. The van der Waals surface area contributed by atoms with Gasteiger partial charge in [0.25, 0.3) is 0 Å². The highest BCUT2D eigenvalue weighted by Crippen LogP contribution is 2.42. The second-order valence-electron chi connectivity index (χ2n) is 5.16. The van der Waals surface area contributed by atoms with Crippen molar-refractivity contribution >= 4 is 65.0 Å². The standard InChI is InChI=1S/C18H9ClOS/c19-10-5-7-14-13(9-10)17-15(20-14)8-6-12-11-3-1-2-4-16(11)21-18(12)17/h1-9H. The van der Waals surface area contributed by atoms with Crippen molar-refractivity contribution < 1.29 is 4.42 Å². The van der Waals surface area contributed by atoms with E-state index < -0.39 is 0 Å². The van der Waals surface area contributed by atoms with Gasteiger partial charge in [-0.2, -0.15) is 0 Å². The van der Waals surface area contributed by atoms with Crippen LogP contribution in [-0.2, 0) is 0 Å². The van der Waals surface area contributed by atoms with Crippen LogP contribution in [0.15, 0.2) is 59.0 Å². The van der Waals surface area contributed by atoms with Gasteiger partial charge in [-0.3, -0.25) is 0 Å². The van der Waals surface area contributed by atoms with Gasteiger partial charge in [0.05, 0.1) is 0 Å². The molecule has 2 aromatic heterocycles.